The quantitative estimate of drug-likeness (QED) is 0.480. The van der Waals surface area contributed by atoms with Gasteiger partial charge in [0.2, 0.25) is 0 Å². The molecular formula is C6H8N2. The van der Waals surface area contributed by atoms with Gasteiger partial charge < -0.3 is 0 Å². The highest BCUT2D eigenvalue weighted by Gasteiger charge is 1.94. The number of hydrogen-bond acceptors (Lipinski definition) is 1. The molecule has 1 aromatic rings. The Kier molecular flexibility index (Phi) is 1.08. The number of aryl methyl sites for hydroxylation is 1. The van der Waals surface area contributed by atoms with Crippen LogP contribution in [0.5, 0.6) is 0 Å². The highest BCUT2D eigenvalue weighted by molar-refractivity contribution is 5.18. The summed E-state index contributed by atoms with van der Waals surface area (Å²) in [6.45, 7) is 7.39. The summed E-state index contributed by atoms with van der Waals surface area (Å²) in [5.41, 5.74) is 1.78. The summed E-state index contributed by atoms with van der Waals surface area (Å²) in [7, 11) is 1.87. The third-order valence-corrected chi connectivity index (χ3v) is 1.27. The van der Waals surface area contributed by atoms with Crippen molar-refractivity contribution in [3.05, 3.63) is 24.4 Å². The Morgan fingerprint density at radius 1 is 1.75 bits per heavy atom. The van der Waals surface area contributed by atoms with Crippen LogP contribution < -0.4 is 0 Å². The van der Waals surface area contributed by atoms with Crippen LogP contribution in [0.3, 0.4) is 0 Å². The van der Waals surface area contributed by atoms with Gasteiger partial charge in [-0.15, -0.1) is 0 Å². The Hall–Kier alpha value is -0.790. The molecule has 0 N–H and O–H groups in total. The molecule has 0 aliphatic heterocycles. The van der Waals surface area contributed by atoms with Gasteiger partial charge in [-0.3, -0.25) is 4.68 Å². The van der Waals surface area contributed by atoms with Crippen molar-refractivity contribution in [3.63, 3.8) is 0 Å². The van der Waals surface area contributed by atoms with Crippen LogP contribution in [0.15, 0.2) is 6.20 Å². The largest absolute Gasteiger partial charge is 0.273 e. The van der Waals surface area contributed by atoms with E-state index in [0.29, 0.717) is 0 Å². The summed E-state index contributed by atoms with van der Waals surface area (Å²) in [5.74, 6) is 0. The normalized spacial score (nSPS) is 9.88. The van der Waals surface area contributed by atoms with Crippen molar-refractivity contribution in [2.45, 2.75) is 6.92 Å². The van der Waals surface area contributed by atoms with Gasteiger partial charge in [0.1, 0.15) is 0 Å². The van der Waals surface area contributed by atoms with E-state index in [2.05, 4.69) is 5.10 Å². The summed E-state index contributed by atoms with van der Waals surface area (Å²) >= 11 is 0. The molecule has 0 atom stereocenters. The predicted octanol–water partition coefficient (Wildman–Crippen LogP) is 0.788. The Labute approximate surface area is 49.1 Å². The van der Waals surface area contributed by atoms with Gasteiger partial charge >= 0.3 is 0 Å². The van der Waals surface area contributed by atoms with Crippen LogP contribution in [-0.4, -0.2) is 9.78 Å². The van der Waals surface area contributed by atoms with Gasteiger partial charge in [-0.25, -0.2) is 0 Å². The van der Waals surface area contributed by atoms with Crippen molar-refractivity contribution in [3.8, 4) is 0 Å². The third-order valence-electron chi connectivity index (χ3n) is 1.27. The summed E-state index contributed by atoms with van der Waals surface area (Å²) in [5, 5.41) is 3.91. The average Bonchev–Trinajstić information content (AvgIpc) is 1.98. The molecular weight excluding hydrogens is 100 g/mol. The molecule has 0 bridgehead atoms. The van der Waals surface area contributed by atoms with Crippen molar-refractivity contribution in [2.24, 2.45) is 7.05 Å². The minimum Gasteiger partial charge on any atom is -0.273 e. The highest BCUT2D eigenvalue weighted by atomic mass is 15.3. The molecule has 0 unspecified atom stereocenters. The molecule has 2 nitrogen and oxygen atoms in total. The number of hydrogen-bond donors (Lipinski definition) is 0. The molecule has 2 radical (unpaired) electrons. The lowest BCUT2D eigenvalue weighted by Crippen LogP contribution is -1.91. The summed E-state index contributed by atoms with van der Waals surface area (Å²) < 4.78 is 1.75. The molecule has 0 aliphatic rings. The van der Waals surface area contributed by atoms with E-state index in [0.717, 1.165) is 11.3 Å². The molecule has 1 heterocycles. The van der Waals surface area contributed by atoms with Crippen molar-refractivity contribution < 1.29 is 0 Å². The number of nitrogens with zero attached hydrogens (tertiary/aromatic N) is 2. The molecule has 0 amide bonds. The maximum atomic E-state index is 5.46. The van der Waals surface area contributed by atoms with Crippen molar-refractivity contribution in [1.29, 1.82) is 0 Å². The maximum absolute atomic E-state index is 5.46. The van der Waals surface area contributed by atoms with Crippen molar-refractivity contribution in [1.82, 2.24) is 9.78 Å². The van der Waals surface area contributed by atoms with Gasteiger partial charge in [0, 0.05) is 19.7 Å². The minimum atomic E-state index is 0.757. The fourth-order valence-electron chi connectivity index (χ4n) is 0.516. The van der Waals surface area contributed by atoms with Gasteiger partial charge in [0.15, 0.2) is 0 Å². The Morgan fingerprint density at radius 3 is 2.50 bits per heavy atom. The Morgan fingerprint density at radius 2 is 2.38 bits per heavy atom. The maximum Gasteiger partial charge on any atom is 0.0527 e. The fraction of sp³-hybridized carbons (Fsp3) is 0.333. The van der Waals surface area contributed by atoms with E-state index in [1.54, 1.807) is 10.9 Å². The van der Waals surface area contributed by atoms with E-state index >= 15 is 0 Å². The Bertz CT molecular complexity index is 169. The summed E-state index contributed by atoms with van der Waals surface area (Å²) in [4.78, 5) is 0. The van der Waals surface area contributed by atoms with E-state index in [1.807, 2.05) is 14.0 Å². The molecule has 0 spiro atoms. The first-order valence-corrected chi connectivity index (χ1v) is 2.46. The van der Waals surface area contributed by atoms with E-state index in [-0.39, 0.29) is 0 Å². The Balaban J connectivity index is 3.19. The molecule has 1 rings (SSSR count). The number of rotatable bonds is 0. The van der Waals surface area contributed by atoms with Crippen molar-refractivity contribution in [2.75, 3.05) is 0 Å². The molecule has 8 heavy (non-hydrogen) atoms. The van der Waals surface area contributed by atoms with E-state index in [4.69, 9.17) is 6.92 Å². The van der Waals surface area contributed by atoms with Crippen LogP contribution in [0.2, 0.25) is 0 Å². The van der Waals surface area contributed by atoms with Crippen LogP contribution >= 0.6 is 0 Å². The van der Waals surface area contributed by atoms with Gasteiger partial charge in [0.25, 0.3) is 0 Å². The fourth-order valence-corrected chi connectivity index (χ4v) is 0.516. The lowest BCUT2D eigenvalue weighted by molar-refractivity contribution is 0.739. The summed E-state index contributed by atoms with van der Waals surface area (Å²) in [6, 6.07) is 0. The van der Waals surface area contributed by atoms with Crippen LogP contribution in [0.1, 0.15) is 11.3 Å². The molecule has 0 fully saturated rings. The SMILES string of the molecule is [CH]c1cnn(C)c1C. The lowest BCUT2D eigenvalue weighted by Gasteiger charge is -1.90. The molecule has 0 saturated carbocycles. The van der Waals surface area contributed by atoms with Crippen LogP contribution in [-0.2, 0) is 7.05 Å². The van der Waals surface area contributed by atoms with E-state index < -0.39 is 0 Å². The predicted molar refractivity (Wildman–Crippen MR) is 31.3 cm³/mol. The molecule has 0 aromatic carbocycles. The first-order valence-electron chi connectivity index (χ1n) is 2.46. The topological polar surface area (TPSA) is 17.8 Å². The molecule has 42 valence electrons. The van der Waals surface area contributed by atoms with Crippen LogP contribution in [0, 0.1) is 13.8 Å². The second kappa shape index (κ2) is 1.62. The first kappa shape index (κ1) is 5.35. The molecule has 0 aliphatic carbocycles. The smallest absolute Gasteiger partial charge is 0.0527 e. The second-order valence-electron chi connectivity index (χ2n) is 1.81. The standard InChI is InChI=1S/C6H8N2/c1-5-4-7-8(3)6(5)2/h1,4H,2-3H3. The molecule has 0 saturated heterocycles. The van der Waals surface area contributed by atoms with Gasteiger partial charge in [-0.1, -0.05) is 0 Å². The molecule has 1 aromatic heterocycles. The highest BCUT2D eigenvalue weighted by Crippen LogP contribution is 2.00. The van der Waals surface area contributed by atoms with E-state index in [9.17, 15) is 0 Å². The zero-order valence-corrected chi connectivity index (χ0v) is 5.05. The van der Waals surface area contributed by atoms with Crippen LogP contribution in [0.25, 0.3) is 0 Å². The second-order valence-corrected chi connectivity index (χ2v) is 1.81. The lowest BCUT2D eigenvalue weighted by atomic mass is 10.3. The van der Waals surface area contributed by atoms with Gasteiger partial charge in [-0.2, -0.15) is 5.10 Å². The first-order chi connectivity index (χ1) is 3.72. The van der Waals surface area contributed by atoms with Gasteiger partial charge in [0.05, 0.1) is 6.20 Å². The summed E-state index contributed by atoms with van der Waals surface area (Å²) in [6.07, 6.45) is 1.65. The van der Waals surface area contributed by atoms with E-state index in [1.165, 1.54) is 0 Å². The number of aromatic nitrogens is 2. The molecule has 2 heteroatoms. The zero-order valence-electron chi connectivity index (χ0n) is 5.05. The van der Waals surface area contributed by atoms with Crippen LogP contribution in [0.4, 0.5) is 0 Å². The average molecular weight is 108 g/mol. The third kappa shape index (κ3) is 0.619. The van der Waals surface area contributed by atoms with Crippen molar-refractivity contribution >= 4 is 0 Å². The minimum absolute atomic E-state index is 0.757. The zero-order chi connectivity index (χ0) is 6.15. The monoisotopic (exact) mass is 108 g/mol. The van der Waals surface area contributed by atoms with Gasteiger partial charge in [-0.05, 0) is 12.5 Å².